The quantitative estimate of drug-likeness (QED) is 0.920. The van der Waals surface area contributed by atoms with Crippen LogP contribution in [0.15, 0.2) is 48.5 Å². The number of hydrogen-bond donors (Lipinski definition) is 1. The van der Waals surface area contributed by atoms with E-state index >= 15 is 0 Å². The highest BCUT2D eigenvalue weighted by molar-refractivity contribution is 6.30. The van der Waals surface area contributed by atoms with Crippen molar-refractivity contribution in [3.8, 4) is 5.75 Å². The molecule has 0 saturated heterocycles. The minimum atomic E-state index is -0.467. The fraction of sp³-hybridized carbons (Fsp3) is 0.200. The Morgan fingerprint density at radius 3 is 2.42 bits per heavy atom. The van der Waals surface area contributed by atoms with Crippen LogP contribution in [0.3, 0.4) is 0 Å². The zero-order valence-corrected chi connectivity index (χ0v) is 11.3. The van der Waals surface area contributed by atoms with Gasteiger partial charge in [-0.05, 0) is 24.6 Å². The Balaban J connectivity index is 2.24. The monoisotopic (exact) mass is 279 g/mol. The molecular formula is C15H15ClFNO. The molecule has 19 heavy (non-hydrogen) atoms. The maximum Gasteiger partial charge on any atom is 0.142 e. The van der Waals surface area contributed by atoms with Crippen LogP contribution in [0.1, 0.15) is 18.6 Å². The number of benzene rings is 2. The molecule has 4 heteroatoms. The van der Waals surface area contributed by atoms with Gasteiger partial charge in [-0.25, -0.2) is 4.39 Å². The molecule has 100 valence electrons. The van der Waals surface area contributed by atoms with Crippen LogP contribution in [0.25, 0.3) is 0 Å². The molecule has 0 aliphatic heterocycles. The summed E-state index contributed by atoms with van der Waals surface area (Å²) in [6.07, 6.45) is -0.303. The van der Waals surface area contributed by atoms with E-state index in [1.54, 1.807) is 6.07 Å². The van der Waals surface area contributed by atoms with Crippen LogP contribution in [0.4, 0.5) is 4.39 Å². The zero-order chi connectivity index (χ0) is 13.8. The summed E-state index contributed by atoms with van der Waals surface area (Å²) in [6.45, 7) is 1.86. The Morgan fingerprint density at radius 1 is 1.16 bits per heavy atom. The molecule has 2 nitrogen and oxygen atoms in total. The van der Waals surface area contributed by atoms with Gasteiger partial charge in [-0.1, -0.05) is 41.9 Å². The van der Waals surface area contributed by atoms with Gasteiger partial charge in [-0.15, -0.1) is 0 Å². The predicted octanol–water partition coefficient (Wildman–Crippen LogP) is 3.95. The SMILES string of the molecule is CC(N)C(Oc1ccc(F)c(Cl)c1)c1ccccc1. The molecule has 0 aliphatic rings. The van der Waals surface area contributed by atoms with E-state index in [-0.39, 0.29) is 17.2 Å². The fourth-order valence-electron chi connectivity index (χ4n) is 1.82. The van der Waals surface area contributed by atoms with E-state index in [1.165, 1.54) is 12.1 Å². The minimum absolute atomic E-state index is 0.0361. The molecule has 2 aromatic rings. The highest BCUT2D eigenvalue weighted by atomic mass is 35.5. The lowest BCUT2D eigenvalue weighted by Crippen LogP contribution is -2.29. The lowest BCUT2D eigenvalue weighted by Gasteiger charge is -2.23. The molecule has 2 aromatic carbocycles. The van der Waals surface area contributed by atoms with Crippen LogP contribution in [-0.2, 0) is 0 Å². The summed E-state index contributed by atoms with van der Waals surface area (Å²) in [6, 6.07) is 13.7. The average molecular weight is 280 g/mol. The first kappa shape index (κ1) is 13.8. The zero-order valence-electron chi connectivity index (χ0n) is 10.5. The molecule has 2 rings (SSSR count). The molecule has 0 heterocycles. The lowest BCUT2D eigenvalue weighted by atomic mass is 10.0. The number of halogens is 2. The second kappa shape index (κ2) is 6.04. The Morgan fingerprint density at radius 2 is 1.84 bits per heavy atom. The van der Waals surface area contributed by atoms with Gasteiger partial charge >= 0.3 is 0 Å². The molecule has 2 unspecified atom stereocenters. The van der Waals surface area contributed by atoms with Crippen molar-refractivity contribution in [2.24, 2.45) is 5.73 Å². The third-order valence-corrected chi connectivity index (χ3v) is 3.05. The molecule has 2 N–H and O–H groups in total. The maximum atomic E-state index is 13.1. The Hall–Kier alpha value is -1.58. The predicted molar refractivity (Wildman–Crippen MR) is 74.9 cm³/mol. The van der Waals surface area contributed by atoms with Gasteiger partial charge < -0.3 is 10.5 Å². The first-order valence-corrected chi connectivity index (χ1v) is 6.38. The smallest absolute Gasteiger partial charge is 0.142 e. The fourth-order valence-corrected chi connectivity index (χ4v) is 1.99. The van der Waals surface area contributed by atoms with Crippen LogP contribution in [0.2, 0.25) is 5.02 Å². The lowest BCUT2D eigenvalue weighted by molar-refractivity contribution is 0.180. The molecule has 0 aromatic heterocycles. The van der Waals surface area contributed by atoms with Gasteiger partial charge in [0.2, 0.25) is 0 Å². The van der Waals surface area contributed by atoms with Gasteiger partial charge in [0.15, 0.2) is 0 Å². The number of hydrogen-bond acceptors (Lipinski definition) is 2. The Kier molecular flexibility index (Phi) is 4.40. The van der Waals surface area contributed by atoms with Crippen molar-refractivity contribution in [1.82, 2.24) is 0 Å². The van der Waals surface area contributed by atoms with Crippen LogP contribution in [-0.4, -0.2) is 6.04 Å². The van der Waals surface area contributed by atoms with Gasteiger partial charge in [0.05, 0.1) is 5.02 Å². The number of rotatable bonds is 4. The molecule has 2 atom stereocenters. The largest absolute Gasteiger partial charge is 0.484 e. The van der Waals surface area contributed by atoms with Crippen molar-refractivity contribution in [2.45, 2.75) is 19.1 Å². The minimum Gasteiger partial charge on any atom is -0.484 e. The van der Waals surface area contributed by atoms with Gasteiger partial charge in [0.1, 0.15) is 17.7 Å². The standard InChI is InChI=1S/C15H15ClFNO/c1-10(18)15(11-5-3-2-4-6-11)19-12-7-8-14(17)13(16)9-12/h2-10,15H,18H2,1H3. The second-order valence-corrected chi connectivity index (χ2v) is 4.79. The van der Waals surface area contributed by atoms with E-state index in [9.17, 15) is 4.39 Å². The molecule has 0 fully saturated rings. The van der Waals surface area contributed by atoms with Crippen molar-refractivity contribution in [3.05, 3.63) is 64.9 Å². The summed E-state index contributed by atoms with van der Waals surface area (Å²) in [5.41, 5.74) is 6.92. The number of nitrogens with two attached hydrogens (primary N) is 1. The van der Waals surface area contributed by atoms with Gasteiger partial charge in [0, 0.05) is 12.1 Å². The van der Waals surface area contributed by atoms with E-state index < -0.39 is 5.82 Å². The van der Waals surface area contributed by atoms with Crippen LogP contribution in [0.5, 0.6) is 5.75 Å². The first-order chi connectivity index (χ1) is 9.08. The summed E-state index contributed by atoms with van der Waals surface area (Å²) in [5, 5.41) is 0.0361. The third kappa shape index (κ3) is 3.46. The number of ether oxygens (including phenoxy) is 1. The average Bonchev–Trinajstić information content (AvgIpc) is 2.40. The van der Waals surface area contributed by atoms with E-state index in [0.717, 1.165) is 5.56 Å². The van der Waals surface area contributed by atoms with Gasteiger partial charge in [-0.3, -0.25) is 0 Å². The first-order valence-electron chi connectivity index (χ1n) is 6.00. The maximum absolute atomic E-state index is 13.1. The van der Waals surface area contributed by atoms with Crippen molar-refractivity contribution in [2.75, 3.05) is 0 Å². The Bertz CT molecular complexity index is 545. The Labute approximate surface area is 117 Å². The highest BCUT2D eigenvalue weighted by Crippen LogP contribution is 2.27. The van der Waals surface area contributed by atoms with Crippen molar-refractivity contribution in [3.63, 3.8) is 0 Å². The topological polar surface area (TPSA) is 35.2 Å². The van der Waals surface area contributed by atoms with Crippen molar-refractivity contribution < 1.29 is 9.13 Å². The van der Waals surface area contributed by atoms with Gasteiger partial charge in [-0.2, -0.15) is 0 Å². The third-order valence-electron chi connectivity index (χ3n) is 2.76. The molecular weight excluding hydrogens is 265 g/mol. The van der Waals surface area contributed by atoms with Crippen LogP contribution < -0.4 is 10.5 Å². The van der Waals surface area contributed by atoms with E-state index in [4.69, 9.17) is 22.1 Å². The highest BCUT2D eigenvalue weighted by Gasteiger charge is 2.18. The summed E-state index contributed by atoms with van der Waals surface area (Å²) in [7, 11) is 0. The molecule has 0 spiro atoms. The summed E-state index contributed by atoms with van der Waals surface area (Å²) in [5.74, 6) is 0.0311. The summed E-state index contributed by atoms with van der Waals surface area (Å²) >= 11 is 5.74. The summed E-state index contributed by atoms with van der Waals surface area (Å²) < 4.78 is 18.9. The van der Waals surface area contributed by atoms with Crippen LogP contribution in [0, 0.1) is 5.82 Å². The molecule has 0 aliphatic carbocycles. The van der Waals surface area contributed by atoms with Crippen LogP contribution >= 0.6 is 11.6 Å². The van der Waals surface area contributed by atoms with E-state index in [0.29, 0.717) is 5.75 Å². The summed E-state index contributed by atoms with van der Waals surface area (Å²) in [4.78, 5) is 0. The van der Waals surface area contributed by atoms with Gasteiger partial charge in [0.25, 0.3) is 0 Å². The molecule has 0 bridgehead atoms. The van der Waals surface area contributed by atoms with E-state index in [1.807, 2.05) is 37.3 Å². The van der Waals surface area contributed by atoms with Crippen molar-refractivity contribution in [1.29, 1.82) is 0 Å². The molecule has 0 radical (unpaired) electrons. The molecule has 0 amide bonds. The second-order valence-electron chi connectivity index (χ2n) is 4.38. The molecule has 0 saturated carbocycles. The van der Waals surface area contributed by atoms with Crippen molar-refractivity contribution >= 4 is 11.6 Å². The van der Waals surface area contributed by atoms with E-state index in [2.05, 4.69) is 0 Å². The normalized spacial score (nSPS) is 13.9.